The second-order valence-electron chi connectivity index (χ2n) is 12.7. The van der Waals surface area contributed by atoms with Crippen LogP contribution in [0.2, 0.25) is 0 Å². The first kappa shape index (κ1) is 29.1. The van der Waals surface area contributed by atoms with Gasteiger partial charge in [-0.1, -0.05) is 36.4 Å². The van der Waals surface area contributed by atoms with Gasteiger partial charge < -0.3 is 0 Å². The third-order valence-electron chi connectivity index (χ3n) is 9.87. The third-order valence-corrected chi connectivity index (χ3v) is 13.1. The first-order valence-corrected chi connectivity index (χ1v) is 18.8. The Morgan fingerprint density at radius 2 is 1.31 bits per heavy atom. The van der Waals surface area contributed by atoms with Crippen molar-refractivity contribution in [2.45, 2.75) is 20.3 Å². The van der Waals surface area contributed by atoms with E-state index in [1.165, 1.54) is 73.5 Å². The molecule has 6 aromatic carbocycles. The van der Waals surface area contributed by atoms with Crippen molar-refractivity contribution in [1.82, 2.24) is 4.57 Å². The molecule has 1 aliphatic carbocycles. The van der Waals surface area contributed by atoms with Crippen molar-refractivity contribution in [2.75, 3.05) is 0 Å². The number of rotatable bonds is 4. The van der Waals surface area contributed by atoms with E-state index in [4.69, 9.17) is 0 Å². The summed E-state index contributed by atoms with van der Waals surface area (Å²) >= 11 is -0.640. The van der Waals surface area contributed by atoms with Crippen molar-refractivity contribution in [3.8, 4) is 27.9 Å². The predicted octanol–water partition coefficient (Wildman–Crippen LogP) is 9.85. The summed E-state index contributed by atoms with van der Waals surface area (Å²) < 4.78 is 5.00. The van der Waals surface area contributed by atoms with Gasteiger partial charge in [-0.3, -0.25) is 0 Å². The fraction of sp³-hybridized carbons (Fsp3) is 0.0667. The van der Waals surface area contributed by atoms with Crippen molar-refractivity contribution >= 4 is 60.8 Å². The average Bonchev–Trinajstić information content (AvgIpc) is 3.50. The van der Waals surface area contributed by atoms with E-state index in [1.807, 2.05) is 12.1 Å². The molecule has 48 heavy (non-hydrogen) atoms. The van der Waals surface area contributed by atoms with Gasteiger partial charge in [0.2, 0.25) is 0 Å². The Morgan fingerprint density at radius 1 is 0.625 bits per heavy atom. The number of hydrogen-bond donors (Lipinski definition) is 0. The SMILES string of the molecule is Cc1c(-c2ccccc2)ccc2c3c(-c4ccccc4)ccc(C)c3n(-c3cccc(C4=CC5=[Te]c6ccccc6C(=O)C5=CC4)c3)c12. The number of carbonyl (C=O) groups is 1. The van der Waals surface area contributed by atoms with Crippen LogP contribution in [0.3, 0.4) is 0 Å². The molecule has 9 rings (SSSR count). The Bertz CT molecular complexity index is 2550. The number of carbonyl (C=O) groups excluding carboxylic acids is 1. The molecule has 0 saturated carbocycles. The maximum absolute atomic E-state index is 13.4. The normalized spacial score (nSPS) is 14.0. The minimum absolute atomic E-state index is 0.181. The molecule has 0 atom stereocenters. The summed E-state index contributed by atoms with van der Waals surface area (Å²) in [6, 6.07) is 47.9. The molecule has 0 spiro atoms. The van der Waals surface area contributed by atoms with E-state index in [9.17, 15) is 4.79 Å². The van der Waals surface area contributed by atoms with Crippen LogP contribution in [0.4, 0.5) is 0 Å². The molecule has 0 N–H and O–H groups in total. The van der Waals surface area contributed by atoms with Crippen molar-refractivity contribution in [2.24, 2.45) is 0 Å². The van der Waals surface area contributed by atoms with E-state index < -0.39 is 20.5 Å². The first-order chi connectivity index (χ1) is 23.6. The second-order valence-corrected chi connectivity index (χ2v) is 15.8. The Balaban J connectivity index is 1.28. The van der Waals surface area contributed by atoms with Crippen LogP contribution < -0.4 is 3.61 Å². The molecule has 7 aromatic rings. The standard InChI is InChI=1S/C45H32NOTe/c1-28-20-22-36(31-14-7-4-8-15-31)42-39-25-24-35(30-12-5-3-6-13-30)29(2)44(39)46(43(28)42)34-17-11-16-32(26-34)33-21-23-38-41(27-33)48-40-19-10-9-18-37(40)45(38)47/h3-20,22-27H,21H2,1-2H3. The molecule has 0 bridgehead atoms. The molecule has 2 aliphatic rings. The van der Waals surface area contributed by atoms with Crippen LogP contribution in [0.1, 0.15) is 33.5 Å². The minimum atomic E-state index is -0.640. The fourth-order valence-corrected chi connectivity index (χ4v) is 10.8. The van der Waals surface area contributed by atoms with Gasteiger partial charge in [0.15, 0.2) is 0 Å². The number of aromatic nitrogens is 1. The van der Waals surface area contributed by atoms with E-state index in [0.717, 1.165) is 23.2 Å². The number of ketones is 1. The summed E-state index contributed by atoms with van der Waals surface area (Å²) in [5.41, 5.74) is 15.4. The molecule has 0 saturated heterocycles. The zero-order valence-corrected chi connectivity index (χ0v) is 29.2. The third kappa shape index (κ3) is 4.61. The quantitative estimate of drug-likeness (QED) is 0.165. The summed E-state index contributed by atoms with van der Waals surface area (Å²) in [7, 11) is 0. The van der Waals surface area contributed by atoms with Gasteiger partial charge in [0, 0.05) is 0 Å². The second kappa shape index (κ2) is 11.6. The van der Waals surface area contributed by atoms with Crippen LogP contribution in [-0.2, 0) is 0 Å². The van der Waals surface area contributed by atoms with Crippen LogP contribution >= 0.6 is 0 Å². The number of allylic oxidation sites excluding steroid dienone is 4. The van der Waals surface area contributed by atoms with Crippen LogP contribution in [0, 0.1) is 13.8 Å². The van der Waals surface area contributed by atoms with Gasteiger partial charge in [-0.2, -0.15) is 0 Å². The van der Waals surface area contributed by atoms with Gasteiger partial charge >= 0.3 is 255 Å². The zero-order valence-electron chi connectivity index (χ0n) is 26.8. The summed E-state index contributed by atoms with van der Waals surface area (Å²) in [6.07, 6.45) is 5.26. The molecule has 2 nitrogen and oxygen atoms in total. The van der Waals surface area contributed by atoms with Crippen LogP contribution in [0.25, 0.3) is 55.3 Å². The molecule has 3 heteroatoms. The Kier molecular flexibility index (Phi) is 7.01. The van der Waals surface area contributed by atoms with E-state index in [1.54, 1.807) is 0 Å². The van der Waals surface area contributed by atoms with Crippen molar-refractivity contribution < 1.29 is 4.79 Å². The maximum atomic E-state index is 13.4. The number of benzene rings is 6. The summed E-state index contributed by atoms with van der Waals surface area (Å²) in [5.74, 6) is 0.181. The van der Waals surface area contributed by atoms with Crippen molar-refractivity contribution in [3.63, 3.8) is 0 Å². The van der Waals surface area contributed by atoms with E-state index in [0.29, 0.717) is 0 Å². The topological polar surface area (TPSA) is 22.0 Å². The molecule has 0 amide bonds. The summed E-state index contributed by atoms with van der Waals surface area (Å²) in [6.45, 7) is 4.51. The van der Waals surface area contributed by atoms with Crippen molar-refractivity contribution in [1.29, 1.82) is 0 Å². The van der Waals surface area contributed by atoms with Gasteiger partial charge in [-0.15, -0.1) is 0 Å². The average molecular weight is 730 g/mol. The number of Topliss-reactive ketones (excluding diaryl/α,β-unsaturated/α-hetero) is 1. The predicted molar refractivity (Wildman–Crippen MR) is 203 cm³/mol. The Labute approximate surface area is 290 Å². The van der Waals surface area contributed by atoms with E-state index >= 15 is 0 Å². The molecular formula is C45H32NOTe. The molecule has 1 aliphatic heterocycles. The number of fused-ring (bicyclic) bond motifs is 5. The van der Waals surface area contributed by atoms with E-state index in [2.05, 4.69) is 152 Å². The van der Waals surface area contributed by atoms with Gasteiger partial charge in [0.1, 0.15) is 0 Å². The zero-order chi connectivity index (χ0) is 32.4. The molecule has 1 radical (unpaired) electrons. The number of hydrogen-bond acceptors (Lipinski definition) is 1. The molecule has 0 unspecified atom stereocenters. The Hall–Kier alpha value is -5.07. The van der Waals surface area contributed by atoms with E-state index in [-0.39, 0.29) is 5.78 Å². The van der Waals surface area contributed by atoms with Crippen LogP contribution in [0.5, 0.6) is 0 Å². The molecule has 1 aromatic heterocycles. The van der Waals surface area contributed by atoms with Crippen LogP contribution in [-0.4, -0.2) is 34.4 Å². The molecule has 0 fully saturated rings. The van der Waals surface area contributed by atoms with Crippen LogP contribution in [0.15, 0.2) is 151 Å². The Morgan fingerprint density at radius 3 is 2.10 bits per heavy atom. The molecular weight excluding hydrogens is 698 g/mol. The monoisotopic (exact) mass is 732 g/mol. The molecule has 229 valence electrons. The number of nitrogens with zero attached hydrogens (tertiary/aromatic N) is 1. The first-order valence-electron chi connectivity index (χ1n) is 16.5. The molecule has 2 heterocycles. The summed E-state index contributed by atoms with van der Waals surface area (Å²) in [4.78, 5) is 13.4. The van der Waals surface area contributed by atoms with Gasteiger partial charge in [0.05, 0.1) is 0 Å². The fourth-order valence-electron chi connectivity index (χ4n) is 7.55. The number of aryl methyl sites for hydroxylation is 2. The van der Waals surface area contributed by atoms with Crippen molar-refractivity contribution in [3.05, 3.63) is 173 Å². The van der Waals surface area contributed by atoms with Gasteiger partial charge in [-0.25, -0.2) is 0 Å². The van der Waals surface area contributed by atoms with Gasteiger partial charge in [-0.05, 0) is 0 Å². The van der Waals surface area contributed by atoms with Gasteiger partial charge in [0.25, 0.3) is 0 Å². The summed E-state index contributed by atoms with van der Waals surface area (Å²) in [5, 5.41) is 2.55.